The molecule has 0 aliphatic rings. The molecule has 0 aromatic heterocycles. The Morgan fingerprint density at radius 2 is 2.31 bits per heavy atom. The van der Waals surface area contributed by atoms with Gasteiger partial charge in [0.2, 0.25) is 0 Å². The molecule has 0 spiro atoms. The fraction of sp³-hybridized carbons (Fsp3) is 0.100. The van der Waals surface area contributed by atoms with E-state index in [1.807, 2.05) is 0 Å². The number of hydrogen-bond donors (Lipinski definition) is 1. The van der Waals surface area contributed by atoms with Crippen molar-refractivity contribution in [1.29, 1.82) is 0 Å². The summed E-state index contributed by atoms with van der Waals surface area (Å²) in [5.41, 5.74) is 0.190. The summed E-state index contributed by atoms with van der Waals surface area (Å²) in [5.74, 6) is 2.01. The predicted octanol–water partition coefficient (Wildman–Crippen LogP) is 1.74. The van der Waals surface area contributed by atoms with E-state index in [1.54, 1.807) is 19.1 Å². The van der Waals surface area contributed by atoms with Crippen LogP contribution in [0.25, 0.3) is 0 Å². The van der Waals surface area contributed by atoms with Crippen LogP contribution in [-0.2, 0) is 0 Å². The van der Waals surface area contributed by atoms with Crippen LogP contribution >= 0.6 is 0 Å². The van der Waals surface area contributed by atoms with Gasteiger partial charge in [-0.05, 0) is 18.2 Å². The zero-order chi connectivity index (χ0) is 9.68. The van der Waals surface area contributed by atoms with Crippen molar-refractivity contribution in [2.75, 3.05) is 0 Å². The number of hydrogen-bond acceptors (Lipinski definition) is 2. The van der Waals surface area contributed by atoms with Gasteiger partial charge in [-0.2, -0.15) is 0 Å². The Hall–Kier alpha value is -1.95. The van der Waals surface area contributed by atoms with E-state index in [4.69, 9.17) is 9.84 Å². The Bertz CT molecular complexity index is 371. The number of carboxylic acids is 1. The summed E-state index contributed by atoms with van der Waals surface area (Å²) >= 11 is 0. The molecule has 0 atom stereocenters. The Labute approximate surface area is 76.0 Å². The van der Waals surface area contributed by atoms with Gasteiger partial charge in [-0.15, -0.1) is 0 Å². The molecule has 1 N–H and O–H groups in total. The first-order valence-electron chi connectivity index (χ1n) is 3.66. The molecule has 0 bridgehead atoms. The third kappa shape index (κ3) is 2.53. The molecule has 0 amide bonds. The minimum Gasteiger partial charge on any atom is -0.478 e. The minimum atomic E-state index is -0.977. The molecule has 0 aliphatic carbocycles. The highest BCUT2D eigenvalue weighted by atomic mass is 16.5. The maximum atomic E-state index is 10.5. The van der Waals surface area contributed by atoms with Crippen molar-refractivity contribution >= 4 is 5.97 Å². The van der Waals surface area contributed by atoms with Crippen LogP contribution < -0.4 is 4.74 Å². The van der Waals surface area contributed by atoms with E-state index in [9.17, 15) is 4.79 Å². The average molecular weight is 176 g/mol. The summed E-state index contributed by atoms with van der Waals surface area (Å²) in [6.07, 6.45) is 2.39. The van der Waals surface area contributed by atoms with Crippen LogP contribution in [0.2, 0.25) is 0 Å². The number of rotatable bonds is 2. The molecule has 0 unspecified atom stereocenters. The molecule has 3 heteroatoms. The van der Waals surface area contributed by atoms with Gasteiger partial charge in [-0.25, -0.2) is 4.79 Å². The number of carbonyl (C=O) groups is 1. The lowest BCUT2D eigenvalue weighted by Crippen LogP contribution is -1.95. The standard InChI is InChI=1S/C10H8O3/c1-2-6-13-9-5-3-4-8(7-9)10(11)12/h3-5,7H,1H3,(H,11,12). The lowest BCUT2D eigenvalue weighted by atomic mass is 10.2. The summed E-state index contributed by atoms with van der Waals surface area (Å²) in [6.45, 7) is 1.64. The van der Waals surface area contributed by atoms with Gasteiger partial charge in [0, 0.05) is 6.92 Å². The lowest BCUT2D eigenvalue weighted by molar-refractivity contribution is 0.0696. The molecule has 0 saturated carbocycles. The Morgan fingerprint density at radius 1 is 1.54 bits per heavy atom. The van der Waals surface area contributed by atoms with Crippen molar-refractivity contribution in [2.45, 2.75) is 6.92 Å². The van der Waals surface area contributed by atoms with Crippen molar-refractivity contribution in [3.8, 4) is 17.8 Å². The zero-order valence-electron chi connectivity index (χ0n) is 7.07. The number of carboxylic acid groups (broad SMARTS) is 1. The molecule has 0 radical (unpaired) electrons. The monoisotopic (exact) mass is 176 g/mol. The van der Waals surface area contributed by atoms with Gasteiger partial charge in [0.05, 0.1) is 5.56 Å². The molecule has 13 heavy (non-hydrogen) atoms. The molecule has 3 nitrogen and oxygen atoms in total. The molecule has 1 aromatic carbocycles. The van der Waals surface area contributed by atoms with Crippen molar-refractivity contribution in [3.05, 3.63) is 29.8 Å². The van der Waals surface area contributed by atoms with E-state index in [-0.39, 0.29) is 5.56 Å². The summed E-state index contributed by atoms with van der Waals surface area (Å²) in [4.78, 5) is 10.5. The highest BCUT2D eigenvalue weighted by molar-refractivity contribution is 5.88. The van der Waals surface area contributed by atoms with Gasteiger partial charge in [0.25, 0.3) is 0 Å². The number of aromatic carboxylic acids is 1. The van der Waals surface area contributed by atoms with Crippen molar-refractivity contribution in [2.24, 2.45) is 0 Å². The topological polar surface area (TPSA) is 46.5 Å². The second-order valence-corrected chi connectivity index (χ2v) is 2.29. The first-order chi connectivity index (χ1) is 6.24. The van der Waals surface area contributed by atoms with E-state index in [0.717, 1.165) is 0 Å². The first-order valence-corrected chi connectivity index (χ1v) is 3.66. The SMILES string of the molecule is CC#COc1cccc(C(=O)O)c1. The smallest absolute Gasteiger partial charge is 0.335 e. The molecule has 1 rings (SSSR count). The van der Waals surface area contributed by atoms with Gasteiger partial charge in [0.15, 0.2) is 0 Å². The third-order valence-electron chi connectivity index (χ3n) is 1.35. The molecule has 0 aliphatic heterocycles. The zero-order valence-corrected chi connectivity index (χ0v) is 7.07. The number of benzene rings is 1. The lowest BCUT2D eigenvalue weighted by Gasteiger charge is -1.97. The third-order valence-corrected chi connectivity index (χ3v) is 1.35. The quantitative estimate of drug-likeness (QED) is 0.698. The van der Waals surface area contributed by atoms with E-state index in [0.29, 0.717) is 5.75 Å². The highest BCUT2D eigenvalue weighted by Gasteiger charge is 2.02. The largest absolute Gasteiger partial charge is 0.478 e. The van der Waals surface area contributed by atoms with E-state index in [1.165, 1.54) is 12.1 Å². The summed E-state index contributed by atoms with van der Waals surface area (Å²) in [7, 11) is 0. The predicted molar refractivity (Wildman–Crippen MR) is 47.5 cm³/mol. The van der Waals surface area contributed by atoms with Gasteiger partial charge >= 0.3 is 5.97 Å². The average Bonchev–Trinajstić information content (AvgIpc) is 2.15. The van der Waals surface area contributed by atoms with Crippen LogP contribution in [0.3, 0.4) is 0 Å². The Kier molecular flexibility index (Phi) is 2.93. The van der Waals surface area contributed by atoms with Crippen LogP contribution in [0.15, 0.2) is 24.3 Å². The summed E-state index contributed by atoms with van der Waals surface area (Å²) < 4.78 is 4.92. The van der Waals surface area contributed by atoms with Crippen LogP contribution in [0, 0.1) is 12.0 Å². The fourth-order valence-electron chi connectivity index (χ4n) is 0.803. The van der Waals surface area contributed by atoms with Crippen LogP contribution in [0.5, 0.6) is 5.75 Å². The number of ether oxygens (including phenoxy) is 1. The molecule has 0 fully saturated rings. The van der Waals surface area contributed by atoms with Crippen LogP contribution in [0.1, 0.15) is 17.3 Å². The van der Waals surface area contributed by atoms with Gasteiger partial charge in [-0.1, -0.05) is 12.0 Å². The normalized spacial score (nSPS) is 8.38. The van der Waals surface area contributed by atoms with Gasteiger partial charge in [-0.3, -0.25) is 0 Å². The maximum Gasteiger partial charge on any atom is 0.335 e. The molecule has 0 heterocycles. The van der Waals surface area contributed by atoms with Crippen molar-refractivity contribution < 1.29 is 14.6 Å². The second-order valence-electron chi connectivity index (χ2n) is 2.29. The molecular formula is C10H8O3. The van der Waals surface area contributed by atoms with E-state index >= 15 is 0 Å². The molecule has 0 saturated heterocycles. The van der Waals surface area contributed by atoms with Gasteiger partial charge < -0.3 is 9.84 Å². The summed E-state index contributed by atoms with van der Waals surface area (Å²) in [5, 5.41) is 8.64. The van der Waals surface area contributed by atoms with Gasteiger partial charge in [0.1, 0.15) is 11.9 Å². The van der Waals surface area contributed by atoms with Crippen molar-refractivity contribution in [1.82, 2.24) is 0 Å². The molecule has 66 valence electrons. The Balaban J connectivity index is 2.89. The highest BCUT2D eigenvalue weighted by Crippen LogP contribution is 2.12. The molecule has 1 aromatic rings. The summed E-state index contributed by atoms with van der Waals surface area (Å²) in [6, 6.07) is 6.17. The first kappa shape index (κ1) is 9.14. The fourth-order valence-corrected chi connectivity index (χ4v) is 0.803. The second kappa shape index (κ2) is 4.17. The van der Waals surface area contributed by atoms with Crippen molar-refractivity contribution in [3.63, 3.8) is 0 Å². The molecular weight excluding hydrogens is 168 g/mol. The van der Waals surface area contributed by atoms with E-state index < -0.39 is 5.97 Å². The Morgan fingerprint density at radius 3 is 2.92 bits per heavy atom. The van der Waals surface area contributed by atoms with Crippen LogP contribution in [0.4, 0.5) is 0 Å². The maximum absolute atomic E-state index is 10.5. The van der Waals surface area contributed by atoms with Crippen LogP contribution in [-0.4, -0.2) is 11.1 Å². The van der Waals surface area contributed by atoms with E-state index in [2.05, 4.69) is 12.0 Å². The minimum absolute atomic E-state index is 0.190.